The van der Waals surface area contributed by atoms with Crippen molar-refractivity contribution in [2.75, 3.05) is 13.1 Å². The molecule has 0 bridgehead atoms. The summed E-state index contributed by atoms with van der Waals surface area (Å²) in [4.78, 5) is 43.8. The van der Waals surface area contributed by atoms with Crippen molar-refractivity contribution in [1.82, 2.24) is 20.6 Å². The number of amides is 2. The monoisotopic (exact) mass is 384 g/mol. The highest BCUT2D eigenvalue weighted by Gasteiger charge is 2.14. The number of aryl methyl sites for hydroxylation is 1. The van der Waals surface area contributed by atoms with Crippen LogP contribution in [0.2, 0.25) is 5.02 Å². The van der Waals surface area contributed by atoms with E-state index < -0.39 is 11.3 Å². The number of halogens is 1. The molecule has 2 amide bonds. The SMILES string of the molecule is Cc1ccc2c(=O)c(C(=O)NCCNC(=O)c3ccccc3Cl)c[nH]c2n1. The molecule has 1 aromatic carbocycles. The molecule has 0 atom stereocenters. The van der Waals surface area contributed by atoms with Crippen LogP contribution in [0, 0.1) is 6.92 Å². The molecule has 0 aliphatic rings. The van der Waals surface area contributed by atoms with E-state index in [0.717, 1.165) is 5.69 Å². The van der Waals surface area contributed by atoms with Gasteiger partial charge in [0.2, 0.25) is 5.43 Å². The Balaban J connectivity index is 1.60. The van der Waals surface area contributed by atoms with Crippen LogP contribution in [0.25, 0.3) is 11.0 Å². The van der Waals surface area contributed by atoms with Crippen molar-refractivity contribution in [3.63, 3.8) is 0 Å². The largest absolute Gasteiger partial charge is 0.350 e. The lowest BCUT2D eigenvalue weighted by Gasteiger charge is -2.08. The first-order valence-corrected chi connectivity index (χ1v) is 8.65. The van der Waals surface area contributed by atoms with Crippen LogP contribution in [-0.4, -0.2) is 34.9 Å². The first-order chi connectivity index (χ1) is 13.0. The smallest absolute Gasteiger partial charge is 0.256 e. The van der Waals surface area contributed by atoms with Gasteiger partial charge in [-0.15, -0.1) is 0 Å². The van der Waals surface area contributed by atoms with Crippen molar-refractivity contribution < 1.29 is 9.59 Å². The van der Waals surface area contributed by atoms with E-state index in [4.69, 9.17) is 11.6 Å². The molecule has 2 aromatic heterocycles. The number of benzene rings is 1. The summed E-state index contributed by atoms with van der Waals surface area (Å²) in [5.41, 5.74) is 1.16. The van der Waals surface area contributed by atoms with Gasteiger partial charge in [-0.05, 0) is 31.2 Å². The zero-order chi connectivity index (χ0) is 19.4. The van der Waals surface area contributed by atoms with Crippen LogP contribution >= 0.6 is 11.6 Å². The second-order valence-corrected chi connectivity index (χ2v) is 6.28. The predicted molar refractivity (Wildman–Crippen MR) is 103 cm³/mol. The van der Waals surface area contributed by atoms with Gasteiger partial charge in [-0.2, -0.15) is 0 Å². The lowest BCUT2D eigenvalue weighted by molar-refractivity contribution is 0.0927. The Labute approximate surface area is 159 Å². The number of hydrogen-bond donors (Lipinski definition) is 3. The van der Waals surface area contributed by atoms with Crippen molar-refractivity contribution in [3.05, 3.63) is 74.7 Å². The van der Waals surface area contributed by atoms with Gasteiger partial charge >= 0.3 is 0 Å². The van der Waals surface area contributed by atoms with Gasteiger partial charge in [0.05, 0.1) is 16.0 Å². The minimum absolute atomic E-state index is 0.00872. The van der Waals surface area contributed by atoms with Crippen LogP contribution in [-0.2, 0) is 0 Å². The van der Waals surface area contributed by atoms with Gasteiger partial charge in [-0.1, -0.05) is 23.7 Å². The molecule has 3 aromatic rings. The Hall–Kier alpha value is -3.19. The van der Waals surface area contributed by atoms with Crippen LogP contribution in [0.4, 0.5) is 0 Å². The van der Waals surface area contributed by atoms with Gasteiger partial charge < -0.3 is 15.6 Å². The topological polar surface area (TPSA) is 104 Å². The number of H-pyrrole nitrogens is 1. The van der Waals surface area contributed by atoms with E-state index in [2.05, 4.69) is 20.6 Å². The van der Waals surface area contributed by atoms with Crippen LogP contribution in [0.5, 0.6) is 0 Å². The molecule has 0 saturated heterocycles. The predicted octanol–water partition coefficient (Wildman–Crippen LogP) is 2.04. The van der Waals surface area contributed by atoms with Crippen molar-refractivity contribution in [2.45, 2.75) is 6.92 Å². The Morgan fingerprint density at radius 3 is 2.41 bits per heavy atom. The van der Waals surface area contributed by atoms with E-state index in [0.29, 0.717) is 21.6 Å². The number of nitrogens with zero attached hydrogens (tertiary/aromatic N) is 1. The molecule has 0 unspecified atom stereocenters. The highest BCUT2D eigenvalue weighted by atomic mass is 35.5. The summed E-state index contributed by atoms with van der Waals surface area (Å²) in [5, 5.41) is 5.97. The highest BCUT2D eigenvalue weighted by molar-refractivity contribution is 6.33. The summed E-state index contributed by atoms with van der Waals surface area (Å²) in [6.45, 7) is 2.18. The molecule has 0 saturated carbocycles. The van der Waals surface area contributed by atoms with Gasteiger partial charge in [0, 0.05) is 25.0 Å². The fraction of sp³-hybridized carbons (Fsp3) is 0.158. The van der Waals surface area contributed by atoms with Gasteiger partial charge in [0.15, 0.2) is 0 Å². The number of hydrogen-bond acceptors (Lipinski definition) is 4. The quantitative estimate of drug-likeness (QED) is 0.585. The Morgan fingerprint density at radius 2 is 1.70 bits per heavy atom. The van der Waals surface area contributed by atoms with Crippen molar-refractivity contribution >= 4 is 34.4 Å². The minimum Gasteiger partial charge on any atom is -0.350 e. The average molecular weight is 385 g/mol. The molecule has 27 heavy (non-hydrogen) atoms. The van der Waals surface area contributed by atoms with E-state index >= 15 is 0 Å². The number of rotatable bonds is 5. The zero-order valence-electron chi connectivity index (χ0n) is 14.5. The third-order valence-corrected chi connectivity index (χ3v) is 4.27. The molecule has 0 aliphatic carbocycles. The normalized spacial score (nSPS) is 10.6. The number of nitrogens with one attached hydrogen (secondary N) is 3. The molecule has 2 heterocycles. The summed E-state index contributed by atoms with van der Waals surface area (Å²) < 4.78 is 0. The highest BCUT2D eigenvalue weighted by Crippen LogP contribution is 2.14. The Kier molecular flexibility index (Phi) is 5.52. The maximum Gasteiger partial charge on any atom is 0.256 e. The minimum atomic E-state index is -0.522. The van der Waals surface area contributed by atoms with Gasteiger partial charge in [-0.25, -0.2) is 4.98 Å². The number of carbonyl (C=O) groups excluding carboxylic acids is 2. The summed E-state index contributed by atoms with van der Waals surface area (Å²) >= 11 is 5.96. The van der Waals surface area contributed by atoms with Gasteiger partial charge in [-0.3, -0.25) is 14.4 Å². The summed E-state index contributed by atoms with van der Waals surface area (Å²) in [7, 11) is 0. The number of fused-ring (bicyclic) bond motifs is 1. The van der Waals surface area contributed by atoms with Crippen LogP contribution in [0.1, 0.15) is 26.4 Å². The van der Waals surface area contributed by atoms with Gasteiger partial charge in [0.25, 0.3) is 11.8 Å². The first kappa shape index (κ1) is 18.6. The van der Waals surface area contributed by atoms with Crippen LogP contribution in [0.3, 0.4) is 0 Å². The van der Waals surface area contributed by atoms with Crippen LogP contribution in [0.15, 0.2) is 47.4 Å². The third-order valence-electron chi connectivity index (χ3n) is 3.94. The summed E-state index contributed by atoms with van der Waals surface area (Å²) in [6.07, 6.45) is 1.34. The molecule has 0 aliphatic heterocycles. The molecule has 7 nitrogen and oxygen atoms in total. The Bertz CT molecular complexity index is 1080. The van der Waals surface area contributed by atoms with Gasteiger partial charge in [0.1, 0.15) is 11.2 Å². The molecule has 0 fully saturated rings. The van der Waals surface area contributed by atoms with Crippen molar-refractivity contribution in [3.8, 4) is 0 Å². The summed E-state index contributed by atoms with van der Waals surface area (Å²) in [5.74, 6) is -0.856. The van der Waals surface area contributed by atoms with E-state index in [1.54, 1.807) is 36.4 Å². The number of pyridine rings is 2. The maximum absolute atomic E-state index is 12.4. The van der Waals surface area contributed by atoms with Crippen molar-refractivity contribution in [2.24, 2.45) is 0 Å². The number of aromatic amines is 1. The van der Waals surface area contributed by atoms with Crippen LogP contribution < -0.4 is 16.1 Å². The molecule has 0 radical (unpaired) electrons. The lowest BCUT2D eigenvalue weighted by atomic mass is 10.2. The average Bonchev–Trinajstić information content (AvgIpc) is 2.65. The second-order valence-electron chi connectivity index (χ2n) is 5.87. The fourth-order valence-electron chi connectivity index (χ4n) is 2.56. The van der Waals surface area contributed by atoms with E-state index in [1.807, 2.05) is 6.92 Å². The van der Waals surface area contributed by atoms with E-state index in [9.17, 15) is 14.4 Å². The third kappa shape index (κ3) is 4.15. The fourth-order valence-corrected chi connectivity index (χ4v) is 2.78. The van der Waals surface area contributed by atoms with Crippen molar-refractivity contribution in [1.29, 1.82) is 0 Å². The molecule has 3 rings (SSSR count). The maximum atomic E-state index is 12.4. The second kappa shape index (κ2) is 8.01. The Morgan fingerprint density at radius 1 is 1.04 bits per heavy atom. The first-order valence-electron chi connectivity index (χ1n) is 8.27. The van der Waals surface area contributed by atoms with E-state index in [1.165, 1.54) is 6.20 Å². The molecule has 8 heteroatoms. The molecular weight excluding hydrogens is 368 g/mol. The molecule has 0 spiro atoms. The lowest BCUT2D eigenvalue weighted by Crippen LogP contribution is -2.36. The van der Waals surface area contributed by atoms with E-state index in [-0.39, 0.29) is 24.6 Å². The molecule has 3 N–H and O–H groups in total. The zero-order valence-corrected chi connectivity index (χ0v) is 15.3. The standard InChI is InChI=1S/C19H17ClN4O3/c1-11-6-7-13-16(25)14(10-23-17(13)24-11)19(27)22-9-8-21-18(26)12-4-2-3-5-15(12)20/h2-7,10H,8-9H2,1H3,(H,21,26)(H,22,27)(H,23,24,25). The number of aromatic nitrogens is 2. The molecular formula is C19H17ClN4O3. The summed E-state index contributed by atoms with van der Waals surface area (Å²) in [6, 6.07) is 10.0. The number of carbonyl (C=O) groups is 2. The molecule has 138 valence electrons.